The molecule has 28 nitrogen and oxygen atoms in total. The highest BCUT2D eigenvalue weighted by atomic mass is 32.2. The molecule has 8 atom stereocenters. The summed E-state index contributed by atoms with van der Waals surface area (Å²) in [6, 6.07) is -3.31. The highest BCUT2D eigenvalue weighted by molar-refractivity contribution is 7.86. The molecule has 0 spiro atoms. The Kier molecular flexibility index (Phi) is 40.2. The topological polar surface area (TPSA) is 369 Å². The fourth-order valence-electron chi connectivity index (χ4n) is 10.6. The zero-order valence-electron chi connectivity index (χ0n) is 60.8. The van der Waals surface area contributed by atoms with Gasteiger partial charge in [0.2, 0.25) is 17.7 Å². The van der Waals surface area contributed by atoms with Crippen LogP contribution in [0.3, 0.4) is 0 Å². The van der Waals surface area contributed by atoms with Crippen LogP contribution in [0.1, 0.15) is 149 Å². The predicted octanol–water partition coefficient (Wildman–Crippen LogP) is 3.61. The number of nitrogens with one attached hydrogen (secondary N) is 3. The molecule has 96 heavy (non-hydrogen) atoms. The summed E-state index contributed by atoms with van der Waals surface area (Å²) in [5.41, 5.74) is 3.04. The molecule has 0 bridgehead atoms. The van der Waals surface area contributed by atoms with Gasteiger partial charge in [0.25, 0.3) is 10.1 Å². The Morgan fingerprint density at radius 1 is 0.583 bits per heavy atom. The zero-order chi connectivity index (χ0) is 73.4. The number of nitrogens with zero attached hydrogens (tertiary/aromatic N) is 3. The smallest absolute Gasteiger partial charge is 0.457 e. The number of rotatable bonds is 32. The molecule has 0 aromatic rings. The lowest BCUT2D eigenvalue weighted by molar-refractivity contribution is -0.161. The molecule has 4 aliphatic heterocycles. The van der Waals surface area contributed by atoms with Gasteiger partial charge < -0.3 is 74.6 Å². The SMILES string of the molecule is C=CC[C@H](CN1CCOCC1)[C@H](NC(C)=O)C(=O)OC(C)(C)C.C=CC[C@H](COS(C)(=O)=O)[C@H](NC(C)=O)C(=O)OC(C)(C)C.CC(=O)N[C@H](C(=O)OC(C)(C)C)[C@H](CCCB1OC(C)(C)C(C)(C)O1)CN1CCOCC1.N[C@H](C(=O)O)[C@H](CCCB(O)O)CN1CCOCC1. The summed E-state index contributed by atoms with van der Waals surface area (Å²) in [6.07, 6.45) is 8.77. The highest BCUT2D eigenvalue weighted by Gasteiger charge is 2.51. The molecule has 4 aliphatic rings. The van der Waals surface area contributed by atoms with Crippen LogP contribution < -0.4 is 21.7 Å². The number of carbonyl (C=O) groups is 7. The van der Waals surface area contributed by atoms with E-state index in [4.69, 9.17) is 62.8 Å². The number of morpholine rings is 3. The number of nitrogens with two attached hydrogens (primary N) is 1. The first kappa shape index (κ1) is 89.4. The molecule has 31 heteroatoms. The van der Waals surface area contributed by atoms with Crippen molar-refractivity contribution in [3.63, 3.8) is 0 Å². The molecule has 4 saturated heterocycles. The standard InChI is InChI=1S/C23H43BN2O6.C17H30N2O4.C14H25NO6S.C11H23BN2O5/c1-17(27)25-19(20(28)30-21(2,3)4)18(16-26-12-14-29-15-13-26)10-9-11-24-31-22(5,6)23(7,8)32-24;1-6-7-14(12-19-8-10-22-11-9-19)15(18-13(2)20)16(21)23-17(3,4)5;1-7-8-11(9-20-22(6,18)19)12(15-10(2)16)13(17)21-14(3,4)5;13-10(11(15)16)9(2-1-3-12(17)18)8-14-4-6-19-7-5-14/h18-19H,9-16H2,1-8H3,(H,25,27);6,14-15H,1,7-12H2,2-5H3,(H,18,20);7,11-12H,1,8-9H2,2-6H3,(H,15,16);9-10,17-18H,1-8,13H2,(H,15,16)/t18-,19+;14-,15+;11-,12+;9-,10+/m1111/s1. The summed E-state index contributed by atoms with van der Waals surface area (Å²) in [7, 11) is -5.28. The van der Waals surface area contributed by atoms with Crippen LogP contribution in [0.4, 0.5) is 0 Å². The van der Waals surface area contributed by atoms with Gasteiger partial charge in [-0.05, 0) is 134 Å². The summed E-state index contributed by atoms with van der Waals surface area (Å²) in [5, 5.41) is 34.8. The summed E-state index contributed by atoms with van der Waals surface area (Å²) in [6.45, 7) is 46.4. The van der Waals surface area contributed by atoms with Crippen LogP contribution in [0, 0.1) is 23.7 Å². The van der Waals surface area contributed by atoms with Gasteiger partial charge in [-0.25, -0.2) is 14.4 Å². The van der Waals surface area contributed by atoms with E-state index in [1.54, 1.807) is 26.8 Å². The third-order valence-corrected chi connectivity index (χ3v) is 16.4. The molecule has 0 radical (unpaired) electrons. The molecule has 0 aromatic carbocycles. The number of carboxylic acids is 1. The van der Waals surface area contributed by atoms with Gasteiger partial charge in [-0.2, -0.15) is 8.42 Å². The second-order valence-electron chi connectivity index (χ2n) is 28.8. The first-order valence-electron chi connectivity index (χ1n) is 33.5. The molecule has 0 unspecified atom stereocenters. The lowest BCUT2D eigenvalue weighted by Crippen LogP contribution is -2.52. The van der Waals surface area contributed by atoms with E-state index in [1.807, 2.05) is 69.2 Å². The number of allylic oxidation sites excluding steroid dienone is 2. The Hall–Kier alpha value is -4.63. The summed E-state index contributed by atoms with van der Waals surface area (Å²) in [5.74, 6) is -4.30. The fraction of sp³-hybridized carbons (Fsp3) is 0.831. The van der Waals surface area contributed by atoms with Crippen LogP contribution >= 0.6 is 0 Å². The van der Waals surface area contributed by atoms with Crippen molar-refractivity contribution in [1.82, 2.24) is 30.7 Å². The van der Waals surface area contributed by atoms with E-state index in [0.29, 0.717) is 78.5 Å². The number of ether oxygens (including phenoxy) is 6. The van der Waals surface area contributed by atoms with Crippen LogP contribution in [-0.2, 0) is 85.6 Å². The van der Waals surface area contributed by atoms with Crippen LogP contribution in [0.2, 0.25) is 12.6 Å². The molecule has 0 saturated carbocycles. The van der Waals surface area contributed by atoms with E-state index < -0.39 is 87.9 Å². The van der Waals surface area contributed by atoms with E-state index in [9.17, 15) is 42.0 Å². The van der Waals surface area contributed by atoms with E-state index in [1.165, 1.54) is 26.8 Å². The van der Waals surface area contributed by atoms with Gasteiger partial charge in [0.05, 0.1) is 63.7 Å². The van der Waals surface area contributed by atoms with Gasteiger partial charge in [0.1, 0.15) is 41.0 Å². The molecule has 0 aliphatic carbocycles. The average Bonchev–Trinajstić information content (AvgIpc) is 1.63. The minimum absolute atomic E-state index is 0.0793. The minimum Gasteiger partial charge on any atom is -0.480 e. The lowest BCUT2D eigenvalue weighted by atomic mass is 9.80. The van der Waals surface area contributed by atoms with Crippen molar-refractivity contribution in [2.45, 2.75) is 214 Å². The maximum absolute atomic E-state index is 13.0. The lowest BCUT2D eigenvalue weighted by Gasteiger charge is -2.35. The van der Waals surface area contributed by atoms with Crippen molar-refractivity contribution < 1.29 is 99.0 Å². The number of amides is 3. The summed E-state index contributed by atoms with van der Waals surface area (Å²) in [4.78, 5) is 90.4. The monoisotopic (exact) mass is 1390 g/mol. The van der Waals surface area contributed by atoms with Crippen molar-refractivity contribution in [3.05, 3.63) is 25.3 Å². The largest absolute Gasteiger partial charge is 0.480 e. The molecule has 554 valence electrons. The van der Waals surface area contributed by atoms with Crippen LogP contribution in [0.5, 0.6) is 0 Å². The minimum atomic E-state index is -3.66. The van der Waals surface area contributed by atoms with Gasteiger partial charge in [0, 0.05) is 97.4 Å². The molecular weight excluding hydrogens is 1270 g/mol. The number of hydrogen-bond donors (Lipinski definition) is 7. The van der Waals surface area contributed by atoms with Crippen molar-refractivity contribution in [1.29, 1.82) is 0 Å². The second kappa shape index (κ2) is 43.1. The van der Waals surface area contributed by atoms with Crippen molar-refractivity contribution in [2.24, 2.45) is 29.4 Å². The van der Waals surface area contributed by atoms with Crippen LogP contribution in [0.25, 0.3) is 0 Å². The maximum atomic E-state index is 13.0. The van der Waals surface area contributed by atoms with Gasteiger partial charge in [0.15, 0.2) is 0 Å². The Labute approximate surface area is 573 Å². The third kappa shape index (κ3) is 39.2. The third-order valence-electron chi connectivity index (χ3n) is 15.8. The zero-order valence-corrected chi connectivity index (χ0v) is 61.6. The Morgan fingerprint density at radius 2 is 0.906 bits per heavy atom. The number of carbonyl (C=O) groups excluding carboxylic acids is 6. The van der Waals surface area contributed by atoms with E-state index in [0.717, 1.165) is 64.7 Å². The van der Waals surface area contributed by atoms with Gasteiger partial charge in [-0.3, -0.25) is 38.1 Å². The summed E-state index contributed by atoms with van der Waals surface area (Å²) < 4.78 is 71.7. The Morgan fingerprint density at radius 3 is 1.23 bits per heavy atom. The van der Waals surface area contributed by atoms with E-state index in [-0.39, 0.29) is 73.2 Å². The fourth-order valence-corrected chi connectivity index (χ4v) is 11.0. The van der Waals surface area contributed by atoms with Crippen LogP contribution in [0.15, 0.2) is 25.3 Å². The van der Waals surface area contributed by atoms with E-state index in [2.05, 4.69) is 43.8 Å². The molecule has 0 aromatic heterocycles. The molecule has 4 fully saturated rings. The number of carboxylic acid groups (broad SMARTS) is 1. The number of aliphatic carboxylic acids is 1. The van der Waals surface area contributed by atoms with Gasteiger partial charge >= 0.3 is 38.1 Å². The normalized spacial score (nSPS) is 19.5. The first-order valence-corrected chi connectivity index (χ1v) is 35.3. The average molecular weight is 1390 g/mol. The highest BCUT2D eigenvalue weighted by Crippen LogP contribution is 2.38. The maximum Gasteiger partial charge on any atom is 0.457 e. The Balaban J connectivity index is 0.000000653. The second-order valence-corrected chi connectivity index (χ2v) is 30.5. The molecule has 4 rings (SSSR count). The quantitative estimate of drug-likeness (QED) is 0.0166. The molecule has 8 N–H and O–H groups in total. The molecular formula is C65H121B2N7O21S. The molecule has 3 amide bonds. The number of esters is 3. The van der Waals surface area contributed by atoms with Crippen molar-refractivity contribution >= 4 is 66.0 Å². The Bertz CT molecular complexity index is 2480. The van der Waals surface area contributed by atoms with Gasteiger partial charge in [-0.15, -0.1) is 13.2 Å². The van der Waals surface area contributed by atoms with E-state index >= 15 is 0 Å². The van der Waals surface area contributed by atoms with Gasteiger partial charge in [-0.1, -0.05) is 25.0 Å². The van der Waals surface area contributed by atoms with Crippen molar-refractivity contribution in [2.75, 3.05) is 111 Å². The number of hydrogen-bond acceptors (Lipinski definition) is 24. The predicted molar refractivity (Wildman–Crippen MR) is 366 cm³/mol. The van der Waals surface area contributed by atoms with Crippen LogP contribution in [-0.4, -0.2) is 258 Å². The first-order chi connectivity index (χ1) is 44.3. The molecule has 4 heterocycles. The van der Waals surface area contributed by atoms with Crippen molar-refractivity contribution in [3.8, 4) is 0 Å². The summed E-state index contributed by atoms with van der Waals surface area (Å²) >= 11 is 0.